The van der Waals surface area contributed by atoms with Gasteiger partial charge in [0.15, 0.2) is 6.79 Å². The highest BCUT2D eigenvalue weighted by Gasteiger charge is 2.33. The van der Waals surface area contributed by atoms with Crippen LogP contribution in [0.2, 0.25) is 0 Å². The van der Waals surface area contributed by atoms with Gasteiger partial charge in [-0.1, -0.05) is 0 Å². The summed E-state index contributed by atoms with van der Waals surface area (Å²) in [6.07, 6.45) is 2.99. The molecule has 0 spiro atoms. The van der Waals surface area contributed by atoms with Gasteiger partial charge in [-0.05, 0) is 12.2 Å². The minimum Gasteiger partial charge on any atom is -0.469 e. The fourth-order valence-electron chi connectivity index (χ4n) is 1.18. The summed E-state index contributed by atoms with van der Waals surface area (Å²) in [5, 5.41) is 0. The first-order valence-corrected chi connectivity index (χ1v) is 3.25. The van der Waals surface area contributed by atoms with E-state index in [1.54, 1.807) is 12.2 Å². The minimum atomic E-state index is -0.452. The van der Waals surface area contributed by atoms with Gasteiger partial charge in [0, 0.05) is 0 Å². The van der Waals surface area contributed by atoms with Crippen LogP contribution in [-0.4, -0.2) is 18.8 Å². The molecule has 0 radical (unpaired) electrons. The van der Waals surface area contributed by atoms with E-state index in [9.17, 15) is 4.79 Å². The van der Waals surface area contributed by atoms with E-state index in [-0.39, 0.29) is 12.9 Å². The predicted octanol–water partition coefficient (Wildman–Crippen LogP) is -0.332. The van der Waals surface area contributed by atoms with E-state index in [0.29, 0.717) is 11.3 Å². The maximum atomic E-state index is 10.7. The third-order valence-electron chi connectivity index (χ3n) is 1.71. The van der Waals surface area contributed by atoms with Crippen molar-refractivity contribution in [1.29, 1.82) is 0 Å². The largest absolute Gasteiger partial charge is 0.469 e. The van der Waals surface area contributed by atoms with Crippen molar-refractivity contribution in [2.75, 3.05) is 6.79 Å². The number of carbonyl (C=O) groups is 1. The van der Waals surface area contributed by atoms with Gasteiger partial charge in [-0.25, -0.2) is 0 Å². The van der Waals surface area contributed by atoms with Gasteiger partial charge in [0.05, 0.1) is 5.57 Å². The molecule has 1 atom stereocenters. The number of fused-ring (bicyclic) bond motifs is 1. The number of rotatable bonds is 1. The van der Waals surface area contributed by atoms with Gasteiger partial charge in [-0.2, -0.15) is 0 Å². The van der Waals surface area contributed by atoms with E-state index in [2.05, 4.69) is 0 Å². The van der Waals surface area contributed by atoms with E-state index < -0.39 is 5.91 Å². The molecular weight excluding hydrogens is 146 g/mol. The number of hydrogen-bond donors (Lipinski definition) is 1. The van der Waals surface area contributed by atoms with Gasteiger partial charge in [-0.3, -0.25) is 4.79 Å². The Morgan fingerprint density at radius 3 is 3.18 bits per heavy atom. The second-order valence-electron chi connectivity index (χ2n) is 2.36. The van der Waals surface area contributed by atoms with Crippen molar-refractivity contribution in [1.82, 2.24) is 0 Å². The molecule has 1 fully saturated rings. The highest BCUT2D eigenvalue weighted by atomic mass is 16.7. The van der Waals surface area contributed by atoms with Crippen molar-refractivity contribution in [2.45, 2.75) is 6.10 Å². The van der Waals surface area contributed by atoms with Gasteiger partial charge in [-0.15, -0.1) is 0 Å². The molecule has 0 bridgehead atoms. The Morgan fingerprint density at radius 2 is 2.45 bits per heavy atom. The van der Waals surface area contributed by atoms with E-state index in [0.717, 1.165) is 0 Å². The Bertz CT molecular complexity index is 267. The number of ether oxygens (including phenoxy) is 2. The van der Waals surface area contributed by atoms with Crippen LogP contribution >= 0.6 is 0 Å². The number of carbonyl (C=O) groups excluding carboxylic acids is 1. The molecule has 2 aliphatic rings. The molecule has 4 nitrogen and oxygen atoms in total. The molecule has 58 valence electrons. The molecule has 0 saturated carbocycles. The fraction of sp³-hybridized carbons (Fsp3) is 0.286. The maximum absolute atomic E-state index is 10.7. The molecule has 2 rings (SSSR count). The number of primary amides is 1. The van der Waals surface area contributed by atoms with Crippen LogP contribution in [-0.2, 0) is 14.3 Å². The summed E-state index contributed by atoms with van der Waals surface area (Å²) in [6, 6.07) is 0. The molecule has 0 aromatic rings. The molecule has 1 heterocycles. The topological polar surface area (TPSA) is 61.6 Å². The smallest absolute Gasteiger partial charge is 0.247 e. The van der Waals surface area contributed by atoms with Crippen molar-refractivity contribution >= 4 is 5.91 Å². The average Bonchev–Trinajstić information content (AvgIpc) is 2.41. The Balaban J connectivity index is 2.24. The third-order valence-corrected chi connectivity index (χ3v) is 1.71. The normalized spacial score (nSPS) is 27.1. The van der Waals surface area contributed by atoms with Gasteiger partial charge in [0.25, 0.3) is 0 Å². The second kappa shape index (κ2) is 2.10. The van der Waals surface area contributed by atoms with Crippen molar-refractivity contribution in [3.05, 3.63) is 23.5 Å². The Labute approximate surface area is 63.3 Å². The average molecular weight is 153 g/mol. The number of amides is 1. The molecular formula is C7H7NO3. The lowest BCUT2D eigenvalue weighted by atomic mass is 10.2. The van der Waals surface area contributed by atoms with Crippen LogP contribution in [0.3, 0.4) is 0 Å². The Kier molecular flexibility index (Phi) is 1.22. The molecule has 1 unspecified atom stereocenters. The lowest BCUT2D eigenvalue weighted by molar-refractivity contribution is -0.115. The maximum Gasteiger partial charge on any atom is 0.247 e. The summed E-state index contributed by atoms with van der Waals surface area (Å²) in [4.78, 5) is 10.7. The Hall–Kier alpha value is -1.29. The van der Waals surface area contributed by atoms with Gasteiger partial charge in [0.1, 0.15) is 11.9 Å². The zero-order valence-corrected chi connectivity index (χ0v) is 5.74. The van der Waals surface area contributed by atoms with Crippen LogP contribution in [0, 0.1) is 0 Å². The van der Waals surface area contributed by atoms with E-state index in [1.165, 1.54) is 0 Å². The molecule has 4 heteroatoms. The lowest BCUT2D eigenvalue weighted by Gasteiger charge is -2.03. The minimum absolute atomic E-state index is 0.209. The highest BCUT2D eigenvalue weighted by Crippen LogP contribution is 2.28. The molecule has 1 aliphatic heterocycles. The van der Waals surface area contributed by atoms with Gasteiger partial charge >= 0.3 is 0 Å². The SMILES string of the molecule is NC(=O)C1=CC=C2OCOC21. The third kappa shape index (κ3) is 0.832. The summed E-state index contributed by atoms with van der Waals surface area (Å²) in [5.74, 6) is 0.227. The van der Waals surface area contributed by atoms with Crippen LogP contribution < -0.4 is 5.73 Å². The summed E-state index contributed by atoms with van der Waals surface area (Å²) in [7, 11) is 0. The lowest BCUT2D eigenvalue weighted by Crippen LogP contribution is -2.22. The van der Waals surface area contributed by atoms with Crippen LogP contribution in [0.5, 0.6) is 0 Å². The van der Waals surface area contributed by atoms with Crippen LogP contribution in [0.15, 0.2) is 23.5 Å². The van der Waals surface area contributed by atoms with Crippen molar-refractivity contribution in [3.8, 4) is 0 Å². The fourth-order valence-corrected chi connectivity index (χ4v) is 1.18. The van der Waals surface area contributed by atoms with Crippen LogP contribution in [0.1, 0.15) is 0 Å². The molecule has 0 aromatic carbocycles. The number of nitrogens with two attached hydrogens (primary N) is 1. The van der Waals surface area contributed by atoms with E-state index in [4.69, 9.17) is 15.2 Å². The quantitative estimate of drug-likeness (QED) is 0.561. The Morgan fingerprint density at radius 1 is 1.64 bits per heavy atom. The first kappa shape index (κ1) is 6.42. The zero-order valence-electron chi connectivity index (χ0n) is 5.74. The molecule has 0 aromatic heterocycles. The predicted molar refractivity (Wildman–Crippen MR) is 36.2 cm³/mol. The molecule has 1 aliphatic carbocycles. The molecule has 11 heavy (non-hydrogen) atoms. The van der Waals surface area contributed by atoms with Crippen LogP contribution in [0.25, 0.3) is 0 Å². The first-order valence-electron chi connectivity index (χ1n) is 3.25. The van der Waals surface area contributed by atoms with Crippen molar-refractivity contribution < 1.29 is 14.3 Å². The first-order chi connectivity index (χ1) is 5.29. The molecule has 1 saturated heterocycles. The standard InChI is InChI=1S/C7H7NO3/c8-7(9)4-1-2-5-6(4)11-3-10-5/h1-2,6H,3H2,(H2,8,9). The zero-order chi connectivity index (χ0) is 7.84. The molecule has 1 amide bonds. The van der Waals surface area contributed by atoms with Crippen molar-refractivity contribution in [2.24, 2.45) is 5.73 Å². The summed E-state index contributed by atoms with van der Waals surface area (Å²) < 4.78 is 10.1. The number of allylic oxidation sites excluding steroid dienone is 2. The highest BCUT2D eigenvalue weighted by molar-refractivity contribution is 5.94. The summed E-state index contributed by atoms with van der Waals surface area (Å²) >= 11 is 0. The van der Waals surface area contributed by atoms with E-state index >= 15 is 0 Å². The summed E-state index contributed by atoms with van der Waals surface area (Å²) in [6.45, 7) is 0.209. The second-order valence-corrected chi connectivity index (χ2v) is 2.36. The van der Waals surface area contributed by atoms with E-state index in [1.807, 2.05) is 0 Å². The van der Waals surface area contributed by atoms with Crippen LogP contribution in [0.4, 0.5) is 0 Å². The number of hydrogen-bond acceptors (Lipinski definition) is 3. The van der Waals surface area contributed by atoms with Crippen molar-refractivity contribution in [3.63, 3.8) is 0 Å². The van der Waals surface area contributed by atoms with Gasteiger partial charge < -0.3 is 15.2 Å². The monoisotopic (exact) mass is 153 g/mol. The summed E-state index contributed by atoms with van der Waals surface area (Å²) in [5.41, 5.74) is 5.55. The van der Waals surface area contributed by atoms with Gasteiger partial charge in [0.2, 0.25) is 5.91 Å². The molecule has 2 N–H and O–H groups in total.